The molecule has 1 aliphatic rings. The van der Waals surface area contributed by atoms with Gasteiger partial charge >= 0.3 is 0 Å². The summed E-state index contributed by atoms with van der Waals surface area (Å²) in [5, 5.41) is 3.58. The minimum Gasteiger partial charge on any atom is -0.493 e. The maximum atomic E-state index is 6.48. The Morgan fingerprint density at radius 2 is 1.82 bits per heavy atom. The van der Waals surface area contributed by atoms with Crippen LogP contribution in [0.4, 0.5) is 0 Å². The van der Waals surface area contributed by atoms with Crippen LogP contribution in [-0.4, -0.2) is 46.5 Å². The number of hydrogen-bond acceptors (Lipinski definition) is 3. The van der Waals surface area contributed by atoms with Gasteiger partial charge in [-0.2, -0.15) is 0 Å². The fourth-order valence-corrected chi connectivity index (χ4v) is 3.67. The van der Waals surface area contributed by atoms with Crippen LogP contribution in [0.25, 0.3) is 0 Å². The van der Waals surface area contributed by atoms with Gasteiger partial charge < -0.3 is 24.4 Å². The highest BCUT2D eigenvalue weighted by atomic mass is 35.5. The van der Waals surface area contributed by atoms with Crippen LogP contribution in [-0.2, 0) is 17.9 Å². The average molecular weight is 427 g/mol. The van der Waals surface area contributed by atoms with E-state index in [4.69, 9.17) is 37.4 Å². The standard InChI is InChI=1S/C21H26Cl2N2O3/c1-26-20-13-17(14-24-6-7-25-8-10-27-11-9-25)12-19(23)21(20)28-15-16-2-4-18(22)5-3-16/h2-5,12-13,24H,6-11,14-15H2,1H3/p+2. The molecular weight excluding hydrogens is 399 g/mol. The number of quaternary nitrogens is 2. The van der Waals surface area contributed by atoms with E-state index in [2.05, 4.69) is 5.32 Å². The minimum atomic E-state index is 0.404. The maximum absolute atomic E-state index is 6.48. The first-order valence-electron chi connectivity index (χ1n) is 9.62. The number of nitrogens with one attached hydrogen (secondary N) is 1. The van der Waals surface area contributed by atoms with Crippen LogP contribution in [0.1, 0.15) is 11.1 Å². The summed E-state index contributed by atoms with van der Waals surface area (Å²) in [7, 11) is 1.64. The predicted molar refractivity (Wildman–Crippen MR) is 111 cm³/mol. The van der Waals surface area contributed by atoms with Crippen LogP contribution in [0, 0.1) is 0 Å². The zero-order valence-corrected chi connectivity index (χ0v) is 17.7. The summed E-state index contributed by atoms with van der Waals surface area (Å²) in [6.07, 6.45) is 0. The van der Waals surface area contributed by atoms with E-state index in [1.54, 1.807) is 12.0 Å². The molecule has 7 heteroatoms. The summed E-state index contributed by atoms with van der Waals surface area (Å²) in [4.78, 5) is 1.61. The molecule has 5 nitrogen and oxygen atoms in total. The molecule has 2 aromatic rings. The maximum Gasteiger partial charge on any atom is 0.180 e. The van der Waals surface area contributed by atoms with Crippen molar-refractivity contribution in [2.75, 3.05) is 46.5 Å². The third kappa shape index (κ3) is 6.26. The van der Waals surface area contributed by atoms with Gasteiger partial charge in [0.1, 0.15) is 39.3 Å². The Bertz CT molecular complexity index is 750. The molecular formula is C21H28Cl2N2O3+2. The van der Waals surface area contributed by atoms with Crippen LogP contribution >= 0.6 is 23.2 Å². The summed E-state index contributed by atoms with van der Waals surface area (Å²) in [6, 6.07) is 11.5. The van der Waals surface area contributed by atoms with Crippen molar-refractivity contribution in [3.8, 4) is 11.5 Å². The lowest BCUT2D eigenvalue weighted by Crippen LogP contribution is -3.16. The van der Waals surface area contributed by atoms with E-state index in [0.29, 0.717) is 28.2 Å². The lowest BCUT2D eigenvalue weighted by atomic mass is 10.2. The number of benzene rings is 2. The largest absolute Gasteiger partial charge is 0.493 e. The zero-order valence-electron chi connectivity index (χ0n) is 16.2. The molecule has 0 spiro atoms. The Kier molecular flexibility index (Phi) is 8.25. The quantitative estimate of drug-likeness (QED) is 0.598. The molecule has 0 saturated carbocycles. The molecule has 1 heterocycles. The van der Waals surface area contributed by atoms with Gasteiger partial charge in [-0.1, -0.05) is 35.3 Å². The molecule has 3 rings (SSSR count). The Morgan fingerprint density at radius 3 is 2.54 bits per heavy atom. The van der Waals surface area contributed by atoms with Gasteiger partial charge in [-0.25, -0.2) is 0 Å². The van der Waals surface area contributed by atoms with Gasteiger partial charge in [0, 0.05) is 10.6 Å². The normalized spacial score (nSPS) is 14.8. The molecule has 1 saturated heterocycles. The molecule has 0 amide bonds. The third-order valence-corrected chi connectivity index (χ3v) is 5.40. The molecule has 1 fully saturated rings. The number of rotatable bonds is 9. The van der Waals surface area contributed by atoms with E-state index in [-0.39, 0.29) is 0 Å². The van der Waals surface area contributed by atoms with E-state index in [1.807, 2.05) is 36.4 Å². The van der Waals surface area contributed by atoms with E-state index < -0.39 is 0 Å². The first kappa shape index (κ1) is 21.2. The lowest BCUT2D eigenvalue weighted by molar-refractivity contribution is -0.920. The van der Waals surface area contributed by atoms with Gasteiger partial charge in [0.25, 0.3) is 0 Å². The van der Waals surface area contributed by atoms with E-state index in [1.165, 1.54) is 0 Å². The summed E-state index contributed by atoms with van der Waals surface area (Å²) in [6.45, 7) is 7.44. The zero-order chi connectivity index (χ0) is 19.8. The molecule has 3 N–H and O–H groups in total. The SMILES string of the molecule is COc1cc(C[NH2+]CC[NH+]2CCOCC2)cc(Cl)c1OCc1ccc(Cl)cc1. The van der Waals surface area contributed by atoms with Gasteiger partial charge in [-0.15, -0.1) is 0 Å². The molecule has 28 heavy (non-hydrogen) atoms. The van der Waals surface area contributed by atoms with Crippen molar-refractivity contribution in [3.63, 3.8) is 0 Å². The topological polar surface area (TPSA) is 48.7 Å². The van der Waals surface area contributed by atoms with Crippen molar-refractivity contribution in [2.45, 2.75) is 13.2 Å². The second-order valence-corrected chi connectivity index (χ2v) is 7.76. The van der Waals surface area contributed by atoms with E-state index >= 15 is 0 Å². The van der Waals surface area contributed by atoms with Gasteiger partial charge in [0.15, 0.2) is 11.5 Å². The summed E-state index contributed by atoms with van der Waals surface area (Å²) >= 11 is 12.4. The first-order chi connectivity index (χ1) is 13.7. The molecule has 1 aliphatic heterocycles. The highest BCUT2D eigenvalue weighted by molar-refractivity contribution is 6.32. The molecule has 152 valence electrons. The van der Waals surface area contributed by atoms with Crippen molar-refractivity contribution in [2.24, 2.45) is 0 Å². The minimum absolute atomic E-state index is 0.404. The molecule has 2 aromatic carbocycles. The highest BCUT2D eigenvalue weighted by Crippen LogP contribution is 2.36. The van der Waals surface area contributed by atoms with E-state index in [9.17, 15) is 0 Å². The van der Waals surface area contributed by atoms with Crippen molar-refractivity contribution in [3.05, 3.63) is 57.6 Å². The van der Waals surface area contributed by atoms with Crippen molar-refractivity contribution >= 4 is 23.2 Å². The third-order valence-electron chi connectivity index (χ3n) is 4.87. The van der Waals surface area contributed by atoms with Gasteiger partial charge in [-0.3, -0.25) is 0 Å². The number of halogens is 2. The molecule has 0 unspecified atom stereocenters. The number of ether oxygens (including phenoxy) is 3. The second-order valence-electron chi connectivity index (χ2n) is 6.92. The molecule has 0 aliphatic carbocycles. The van der Waals surface area contributed by atoms with Crippen LogP contribution < -0.4 is 19.7 Å². The number of nitrogens with two attached hydrogens (primary N) is 1. The van der Waals surface area contributed by atoms with Gasteiger partial charge in [0.05, 0.1) is 25.3 Å². The number of morpholine rings is 1. The van der Waals surface area contributed by atoms with Crippen LogP contribution in [0.15, 0.2) is 36.4 Å². The second kappa shape index (κ2) is 10.9. The highest BCUT2D eigenvalue weighted by Gasteiger charge is 2.15. The summed E-state index contributed by atoms with van der Waals surface area (Å²) in [5.74, 6) is 1.23. The van der Waals surface area contributed by atoms with Crippen LogP contribution in [0.5, 0.6) is 11.5 Å². The smallest absolute Gasteiger partial charge is 0.180 e. The van der Waals surface area contributed by atoms with Crippen molar-refractivity contribution in [1.82, 2.24) is 0 Å². The fraction of sp³-hybridized carbons (Fsp3) is 0.429. The van der Waals surface area contributed by atoms with Crippen molar-refractivity contribution in [1.29, 1.82) is 0 Å². The van der Waals surface area contributed by atoms with Crippen LogP contribution in [0.3, 0.4) is 0 Å². The Balaban J connectivity index is 1.53. The Hall–Kier alpha value is -1.50. The van der Waals surface area contributed by atoms with Gasteiger partial charge in [-0.05, 0) is 29.8 Å². The fourth-order valence-electron chi connectivity index (χ4n) is 3.25. The average Bonchev–Trinajstić information content (AvgIpc) is 2.72. The predicted octanol–water partition coefficient (Wildman–Crippen LogP) is 1.56. The molecule has 0 bridgehead atoms. The molecule has 0 atom stereocenters. The van der Waals surface area contributed by atoms with Crippen LogP contribution in [0.2, 0.25) is 10.0 Å². The Morgan fingerprint density at radius 1 is 1.07 bits per heavy atom. The monoisotopic (exact) mass is 426 g/mol. The number of hydrogen-bond donors (Lipinski definition) is 2. The van der Waals surface area contributed by atoms with Crippen molar-refractivity contribution < 1.29 is 24.4 Å². The Labute approximate surface area is 176 Å². The summed E-state index contributed by atoms with van der Waals surface area (Å²) < 4.78 is 16.8. The summed E-state index contributed by atoms with van der Waals surface area (Å²) in [5.41, 5.74) is 2.14. The van der Waals surface area contributed by atoms with E-state index in [0.717, 1.165) is 57.1 Å². The molecule has 0 aromatic heterocycles. The van der Waals surface area contributed by atoms with Gasteiger partial charge in [0.2, 0.25) is 0 Å². The molecule has 0 radical (unpaired) electrons. The number of methoxy groups -OCH3 is 1. The first-order valence-corrected chi connectivity index (χ1v) is 10.4. The lowest BCUT2D eigenvalue weighted by Gasteiger charge is -2.22.